The molecule has 0 aromatic heterocycles. The predicted molar refractivity (Wildman–Crippen MR) is 216 cm³/mol. The van der Waals surface area contributed by atoms with E-state index >= 15 is 0 Å². The first-order chi connectivity index (χ1) is 27.0. The minimum absolute atomic E-state index is 0.0220. The molecule has 14 heteroatoms. The average Bonchev–Trinajstić information content (AvgIpc) is 3.30. The van der Waals surface area contributed by atoms with E-state index < -0.39 is 28.0 Å². The van der Waals surface area contributed by atoms with Crippen molar-refractivity contribution in [3.63, 3.8) is 0 Å². The topological polar surface area (TPSA) is 130 Å². The van der Waals surface area contributed by atoms with Gasteiger partial charge < -0.3 is 28.9 Å². The maximum absolute atomic E-state index is 14.6. The average molecular weight is 808 g/mol. The van der Waals surface area contributed by atoms with Crippen LogP contribution in [-0.2, 0) is 31.2 Å². The van der Waals surface area contributed by atoms with Gasteiger partial charge in [0.15, 0.2) is 0 Å². The number of fused-ring (bicyclic) bond motifs is 4. The second-order valence-corrected chi connectivity index (χ2v) is 19.3. The van der Waals surface area contributed by atoms with Gasteiger partial charge >= 0.3 is 12.1 Å². The molecule has 12 nitrogen and oxygen atoms in total. The maximum atomic E-state index is 14.6. The molecule has 4 amide bonds. The van der Waals surface area contributed by atoms with Crippen molar-refractivity contribution in [2.75, 3.05) is 63.6 Å². The molecule has 1 saturated carbocycles. The number of nitrogens with one attached hydrogen (secondary N) is 1. The number of ether oxygens (including phenoxy) is 3. The summed E-state index contributed by atoms with van der Waals surface area (Å²) in [5, 5.41) is 0.733. The summed E-state index contributed by atoms with van der Waals surface area (Å²) in [5.74, 6) is 0.527. The molecule has 2 aromatic carbocycles. The summed E-state index contributed by atoms with van der Waals surface area (Å²) in [4.78, 5) is 45.8. The van der Waals surface area contributed by atoms with E-state index in [1.807, 2.05) is 25.1 Å². The molecule has 1 unspecified atom stereocenters. The van der Waals surface area contributed by atoms with Crippen molar-refractivity contribution in [3.8, 4) is 5.75 Å². The third kappa shape index (κ3) is 8.13. The molecule has 1 N–H and O–H groups in total. The summed E-state index contributed by atoms with van der Waals surface area (Å²) in [6.45, 7) is 5.60. The summed E-state index contributed by atoms with van der Waals surface area (Å²) >= 11 is 6.47. The van der Waals surface area contributed by atoms with Crippen molar-refractivity contribution < 1.29 is 32.8 Å². The van der Waals surface area contributed by atoms with Crippen molar-refractivity contribution in [2.45, 2.75) is 82.3 Å². The van der Waals surface area contributed by atoms with Crippen LogP contribution in [0.3, 0.4) is 0 Å². The Hall–Kier alpha value is -3.81. The number of hydrogen-bond donors (Lipinski definition) is 1. The van der Waals surface area contributed by atoms with Crippen molar-refractivity contribution in [1.82, 2.24) is 14.5 Å². The number of allylic oxidation sites excluding steroid dienone is 1. The molecule has 2 bridgehead atoms. The van der Waals surface area contributed by atoms with Crippen LogP contribution in [0.25, 0.3) is 0 Å². The van der Waals surface area contributed by atoms with Gasteiger partial charge in [-0.25, -0.2) is 13.8 Å². The molecule has 8 rings (SSSR count). The number of amides is 4. The zero-order chi connectivity index (χ0) is 39.0. The van der Waals surface area contributed by atoms with Crippen LogP contribution in [0.4, 0.5) is 15.3 Å². The van der Waals surface area contributed by atoms with Gasteiger partial charge in [0.25, 0.3) is 5.91 Å². The number of urea groups is 1. The van der Waals surface area contributed by atoms with Gasteiger partial charge in [0.2, 0.25) is 0 Å². The van der Waals surface area contributed by atoms with Gasteiger partial charge in [-0.05, 0) is 117 Å². The molecule has 302 valence electrons. The number of rotatable bonds is 3. The lowest BCUT2D eigenvalue weighted by atomic mass is 9.68. The molecule has 2 saturated heterocycles. The molecule has 2 aromatic rings. The summed E-state index contributed by atoms with van der Waals surface area (Å²) in [5.41, 5.74) is 3.33. The van der Waals surface area contributed by atoms with Crippen LogP contribution in [0.5, 0.6) is 5.75 Å². The minimum Gasteiger partial charge on any atom is -0.490 e. The highest BCUT2D eigenvalue weighted by atomic mass is 35.5. The van der Waals surface area contributed by atoms with Gasteiger partial charge in [0.1, 0.15) is 21.8 Å². The molecular formula is C42H54ClN5O7S. The van der Waals surface area contributed by atoms with E-state index in [1.165, 1.54) is 16.0 Å². The second kappa shape index (κ2) is 16.2. The molecule has 0 radical (unpaired) electrons. The lowest BCUT2D eigenvalue weighted by Crippen LogP contribution is -2.59. The summed E-state index contributed by atoms with van der Waals surface area (Å²) in [7, 11) is -1.82. The SMILES string of the molecule is CO[C@H]1/C=C/C[C@H](C)CS(=O)(NC(=O)N2CC(OC(=O)N3CCCCC3)C2)=NC(=O)c2ccc3c(c2)N(C[C@@H]2CC[C@H]21)C[C@@]1(CCCc2cc(Cl)ccc21)CO3. The number of nitrogens with zero attached hydrogens (tertiary/aromatic N) is 4. The first kappa shape index (κ1) is 39.0. The van der Waals surface area contributed by atoms with E-state index in [-0.39, 0.29) is 47.9 Å². The minimum atomic E-state index is -3.57. The Kier molecular flexibility index (Phi) is 11.3. The van der Waals surface area contributed by atoms with Crippen LogP contribution >= 0.6 is 11.6 Å². The largest absolute Gasteiger partial charge is 0.490 e. The molecule has 1 spiro atoms. The molecular weight excluding hydrogens is 754 g/mol. The van der Waals surface area contributed by atoms with Crippen molar-refractivity contribution in [3.05, 3.63) is 70.3 Å². The van der Waals surface area contributed by atoms with E-state index in [2.05, 4.69) is 38.3 Å². The zero-order valence-electron chi connectivity index (χ0n) is 32.5. The second-order valence-electron chi connectivity index (χ2n) is 16.8. The molecule has 3 fully saturated rings. The fourth-order valence-electron chi connectivity index (χ4n) is 9.54. The number of halogens is 1. The fraction of sp³-hybridized carbons (Fsp3) is 0.595. The van der Waals surface area contributed by atoms with Gasteiger partial charge in [-0.1, -0.05) is 36.7 Å². The number of aryl methyl sites for hydroxylation is 1. The van der Waals surface area contributed by atoms with Gasteiger partial charge in [-0.3, -0.25) is 9.52 Å². The Morgan fingerprint density at radius 2 is 1.86 bits per heavy atom. The number of carbonyl (C=O) groups is 3. The Labute approximate surface area is 335 Å². The number of benzene rings is 2. The van der Waals surface area contributed by atoms with Crippen molar-refractivity contribution >= 4 is 45.2 Å². The monoisotopic (exact) mass is 807 g/mol. The first-order valence-electron chi connectivity index (χ1n) is 20.3. The Balaban J connectivity index is 1.08. The van der Waals surface area contributed by atoms with Crippen LogP contribution in [0.1, 0.15) is 79.8 Å². The summed E-state index contributed by atoms with van der Waals surface area (Å²) < 4.78 is 39.9. The Morgan fingerprint density at radius 1 is 1.04 bits per heavy atom. The predicted octanol–water partition coefficient (Wildman–Crippen LogP) is 6.99. The molecule has 6 aliphatic rings. The third-order valence-corrected chi connectivity index (χ3v) is 15.0. The molecule has 56 heavy (non-hydrogen) atoms. The Bertz CT molecular complexity index is 1990. The fourth-order valence-corrected chi connectivity index (χ4v) is 11.6. The summed E-state index contributed by atoms with van der Waals surface area (Å²) in [6, 6.07) is 10.9. The molecule has 2 aliphatic carbocycles. The van der Waals surface area contributed by atoms with Crippen LogP contribution in [0.15, 0.2) is 52.9 Å². The number of carbonyl (C=O) groups excluding carboxylic acids is 3. The van der Waals surface area contributed by atoms with E-state index in [0.29, 0.717) is 50.2 Å². The van der Waals surface area contributed by atoms with E-state index in [1.54, 1.807) is 18.1 Å². The van der Waals surface area contributed by atoms with Crippen LogP contribution in [-0.4, -0.2) is 103 Å². The van der Waals surface area contributed by atoms with Crippen LogP contribution in [0, 0.1) is 17.8 Å². The van der Waals surface area contributed by atoms with Crippen molar-refractivity contribution in [1.29, 1.82) is 0 Å². The van der Waals surface area contributed by atoms with Crippen molar-refractivity contribution in [2.24, 2.45) is 22.1 Å². The number of piperidine rings is 1. The van der Waals surface area contributed by atoms with Gasteiger partial charge in [0, 0.05) is 49.3 Å². The van der Waals surface area contributed by atoms with Gasteiger partial charge in [-0.15, -0.1) is 4.36 Å². The first-order valence-corrected chi connectivity index (χ1v) is 22.4. The third-order valence-electron chi connectivity index (χ3n) is 12.8. The quantitative estimate of drug-likeness (QED) is 0.329. The lowest BCUT2D eigenvalue weighted by Gasteiger charge is -2.46. The van der Waals surface area contributed by atoms with Crippen LogP contribution < -0.4 is 14.4 Å². The lowest BCUT2D eigenvalue weighted by molar-refractivity contribution is -0.00967. The zero-order valence-corrected chi connectivity index (χ0v) is 34.0. The van der Waals surface area contributed by atoms with E-state index in [0.717, 1.165) is 68.6 Å². The number of likely N-dealkylation sites (tertiary alicyclic amines) is 2. The van der Waals surface area contributed by atoms with Gasteiger partial charge in [-0.2, -0.15) is 0 Å². The molecule has 4 heterocycles. The summed E-state index contributed by atoms with van der Waals surface area (Å²) in [6.07, 6.45) is 12.0. The van der Waals surface area contributed by atoms with Gasteiger partial charge in [0.05, 0.1) is 37.2 Å². The standard InChI is InChI=1S/C42H54ClN5O7S/c1-28-8-6-10-37(53-2)34-14-11-31(34)22-48-26-42(17-7-9-29-20-32(43)13-15-35(29)42)27-54-38-16-12-30(21-36(38)48)39(49)44-56(52,25-28)45-40(50)47-23-33(24-47)55-41(51)46-18-4-3-5-19-46/h6,10,12-13,15-16,20-21,28,31,33-34,37H,3-5,7-9,11,14,17-19,22-27H2,1-2H3,(H,44,45,49,50,52)/b10-6+/t28-,31-,34+,37-,42-,56?/m0/s1. The Morgan fingerprint density at radius 3 is 2.62 bits per heavy atom. The highest BCUT2D eigenvalue weighted by molar-refractivity contribution is 7.92. The smallest absolute Gasteiger partial charge is 0.410 e. The van der Waals surface area contributed by atoms with E-state index in [4.69, 9.17) is 25.8 Å². The molecule has 4 aliphatic heterocycles. The van der Waals surface area contributed by atoms with E-state index in [9.17, 15) is 18.6 Å². The number of methoxy groups -OCH3 is 1. The normalized spacial score (nSPS) is 31.3. The highest BCUT2D eigenvalue weighted by Gasteiger charge is 2.45. The number of anilines is 1. The maximum Gasteiger partial charge on any atom is 0.410 e. The highest BCUT2D eigenvalue weighted by Crippen LogP contribution is 2.47. The number of hydrogen-bond acceptors (Lipinski definition) is 8. The van der Waals surface area contributed by atoms with Crippen LogP contribution in [0.2, 0.25) is 5.02 Å². The molecule has 6 atom stereocenters.